The van der Waals surface area contributed by atoms with Crippen LogP contribution in [0.25, 0.3) is 11.0 Å². The van der Waals surface area contributed by atoms with E-state index in [1.54, 1.807) is 16.8 Å². The second kappa shape index (κ2) is 8.47. The SMILES string of the molecule is Cc1cc(SC2CC(C)C2)ccc1Nc1ncc2cc(Cl)c(=O)n(C3CCCC3)c2n1. The average molecular weight is 455 g/mol. The van der Waals surface area contributed by atoms with Gasteiger partial charge in [0.05, 0.1) is 0 Å². The normalized spacial score (nSPS) is 21.4. The van der Waals surface area contributed by atoms with E-state index in [4.69, 9.17) is 16.6 Å². The number of thioether (sulfide) groups is 1. The van der Waals surface area contributed by atoms with Gasteiger partial charge in [0, 0.05) is 33.5 Å². The number of halogens is 1. The molecule has 5 nitrogen and oxygen atoms in total. The van der Waals surface area contributed by atoms with Gasteiger partial charge >= 0.3 is 0 Å². The number of aromatic nitrogens is 3. The highest BCUT2D eigenvalue weighted by Gasteiger charge is 2.26. The van der Waals surface area contributed by atoms with Crippen LogP contribution in [0, 0.1) is 12.8 Å². The minimum absolute atomic E-state index is 0.156. The lowest BCUT2D eigenvalue weighted by Crippen LogP contribution is -2.25. The molecule has 0 aliphatic heterocycles. The molecule has 7 heteroatoms. The lowest BCUT2D eigenvalue weighted by atomic mass is 9.87. The van der Waals surface area contributed by atoms with E-state index in [-0.39, 0.29) is 16.6 Å². The van der Waals surface area contributed by atoms with Gasteiger partial charge in [-0.3, -0.25) is 9.36 Å². The van der Waals surface area contributed by atoms with Crippen molar-refractivity contribution in [2.75, 3.05) is 5.32 Å². The van der Waals surface area contributed by atoms with Crippen molar-refractivity contribution in [3.8, 4) is 0 Å². The van der Waals surface area contributed by atoms with Crippen molar-refractivity contribution in [1.29, 1.82) is 0 Å². The number of hydrogen-bond donors (Lipinski definition) is 1. The molecule has 2 heterocycles. The Morgan fingerprint density at radius 3 is 2.68 bits per heavy atom. The molecule has 1 N–H and O–H groups in total. The van der Waals surface area contributed by atoms with E-state index in [1.807, 2.05) is 11.8 Å². The van der Waals surface area contributed by atoms with Crippen LogP contribution in [0.4, 0.5) is 11.6 Å². The predicted octanol–water partition coefficient (Wildman–Crippen LogP) is 6.50. The Balaban J connectivity index is 1.43. The molecule has 2 aliphatic rings. The third kappa shape index (κ3) is 4.20. The van der Waals surface area contributed by atoms with Gasteiger partial charge in [0.25, 0.3) is 5.56 Å². The summed E-state index contributed by atoms with van der Waals surface area (Å²) >= 11 is 8.20. The van der Waals surface area contributed by atoms with Crippen LogP contribution in [-0.4, -0.2) is 19.8 Å². The Bertz CT molecular complexity index is 1180. The smallest absolute Gasteiger partial charge is 0.271 e. The Morgan fingerprint density at radius 1 is 1.19 bits per heavy atom. The van der Waals surface area contributed by atoms with E-state index < -0.39 is 0 Å². The topological polar surface area (TPSA) is 59.8 Å². The zero-order valence-electron chi connectivity index (χ0n) is 17.9. The summed E-state index contributed by atoms with van der Waals surface area (Å²) in [5.41, 5.74) is 2.64. The number of benzene rings is 1. The van der Waals surface area contributed by atoms with Crippen LogP contribution in [0.5, 0.6) is 0 Å². The third-order valence-electron chi connectivity index (χ3n) is 6.50. The van der Waals surface area contributed by atoms with E-state index in [9.17, 15) is 4.79 Å². The highest BCUT2D eigenvalue weighted by atomic mass is 35.5. The van der Waals surface area contributed by atoms with E-state index >= 15 is 0 Å². The lowest BCUT2D eigenvalue weighted by molar-refractivity contribution is 0.360. The molecule has 5 rings (SSSR count). The molecule has 0 spiro atoms. The Morgan fingerprint density at radius 2 is 1.97 bits per heavy atom. The molecule has 3 aromatic rings. The Kier molecular flexibility index (Phi) is 5.69. The summed E-state index contributed by atoms with van der Waals surface area (Å²) < 4.78 is 1.78. The molecule has 0 unspecified atom stereocenters. The fourth-order valence-corrected chi connectivity index (χ4v) is 6.57. The number of pyridine rings is 1. The quantitative estimate of drug-likeness (QED) is 0.476. The first kappa shape index (κ1) is 20.8. The maximum absolute atomic E-state index is 12.8. The number of nitrogens with one attached hydrogen (secondary N) is 1. The maximum Gasteiger partial charge on any atom is 0.271 e. The van der Waals surface area contributed by atoms with Crippen molar-refractivity contribution in [1.82, 2.24) is 14.5 Å². The van der Waals surface area contributed by atoms with Gasteiger partial charge in [0.15, 0.2) is 0 Å². The average Bonchev–Trinajstić information content (AvgIpc) is 3.24. The first-order chi connectivity index (χ1) is 15.0. The standard InChI is InChI=1S/C24H27ClN4OS/c1-14-9-19(10-14)31-18-7-8-21(15(2)11-18)27-24-26-13-16-12-20(25)23(30)29(22(16)28-24)17-5-3-4-6-17/h7-8,11-14,17,19H,3-6,9-10H2,1-2H3,(H,26,27,28). The minimum atomic E-state index is -0.159. The van der Waals surface area contributed by atoms with Gasteiger partial charge in [-0.15, -0.1) is 11.8 Å². The van der Waals surface area contributed by atoms with Gasteiger partial charge in [0.2, 0.25) is 5.95 Å². The van der Waals surface area contributed by atoms with Gasteiger partial charge in [-0.05, 0) is 68.4 Å². The van der Waals surface area contributed by atoms with Crippen molar-refractivity contribution in [3.05, 3.63) is 51.4 Å². The van der Waals surface area contributed by atoms with E-state index in [0.717, 1.165) is 53.5 Å². The molecule has 1 aromatic carbocycles. The molecular weight excluding hydrogens is 428 g/mol. The summed E-state index contributed by atoms with van der Waals surface area (Å²) in [6.45, 7) is 4.42. The monoisotopic (exact) mass is 454 g/mol. The van der Waals surface area contributed by atoms with Crippen LogP contribution >= 0.6 is 23.4 Å². The molecule has 0 radical (unpaired) electrons. The van der Waals surface area contributed by atoms with E-state index in [0.29, 0.717) is 11.6 Å². The highest BCUT2D eigenvalue weighted by Crippen LogP contribution is 2.41. The van der Waals surface area contributed by atoms with Crippen LogP contribution in [0.15, 0.2) is 40.2 Å². The van der Waals surface area contributed by atoms with Gasteiger partial charge in [-0.2, -0.15) is 4.98 Å². The van der Waals surface area contributed by atoms with Crippen molar-refractivity contribution in [2.24, 2.45) is 5.92 Å². The number of anilines is 2. The molecular formula is C24H27ClN4OS. The first-order valence-electron chi connectivity index (χ1n) is 11.1. The van der Waals surface area contributed by atoms with Crippen molar-refractivity contribution < 1.29 is 0 Å². The summed E-state index contributed by atoms with van der Waals surface area (Å²) in [6, 6.07) is 8.32. The third-order valence-corrected chi connectivity index (χ3v) is 8.01. The zero-order chi connectivity index (χ0) is 21.5. The van der Waals surface area contributed by atoms with Crippen LogP contribution in [0.1, 0.15) is 57.1 Å². The lowest BCUT2D eigenvalue weighted by Gasteiger charge is -2.32. The number of rotatable bonds is 5. The van der Waals surface area contributed by atoms with E-state index in [2.05, 4.69) is 42.3 Å². The molecule has 0 atom stereocenters. The zero-order valence-corrected chi connectivity index (χ0v) is 19.5. The van der Waals surface area contributed by atoms with Crippen molar-refractivity contribution in [2.45, 2.75) is 68.6 Å². The predicted molar refractivity (Wildman–Crippen MR) is 129 cm³/mol. The fourth-order valence-electron chi connectivity index (χ4n) is 4.74. The Hall–Kier alpha value is -2.05. The molecule has 2 saturated carbocycles. The second-order valence-electron chi connectivity index (χ2n) is 9.00. The van der Waals surface area contributed by atoms with Gasteiger partial charge < -0.3 is 5.32 Å². The van der Waals surface area contributed by atoms with Gasteiger partial charge in [-0.1, -0.05) is 31.4 Å². The number of nitrogens with zero attached hydrogens (tertiary/aromatic N) is 3. The van der Waals surface area contributed by atoms with Crippen LogP contribution < -0.4 is 10.9 Å². The van der Waals surface area contributed by atoms with Crippen molar-refractivity contribution >= 4 is 46.0 Å². The van der Waals surface area contributed by atoms with Crippen LogP contribution in [0.3, 0.4) is 0 Å². The fraction of sp³-hybridized carbons (Fsp3) is 0.458. The van der Waals surface area contributed by atoms with Crippen LogP contribution in [-0.2, 0) is 0 Å². The summed E-state index contributed by atoms with van der Waals surface area (Å²) in [6.07, 6.45) is 8.59. The van der Waals surface area contributed by atoms with Gasteiger partial charge in [0.1, 0.15) is 10.7 Å². The summed E-state index contributed by atoms with van der Waals surface area (Å²) in [5, 5.41) is 5.12. The van der Waals surface area contributed by atoms with E-state index in [1.165, 1.54) is 17.7 Å². The molecule has 0 amide bonds. The summed E-state index contributed by atoms with van der Waals surface area (Å²) in [7, 11) is 0. The first-order valence-corrected chi connectivity index (χ1v) is 12.4. The minimum Gasteiger partial charge on any atom is -0.324 e. The Labute approximate surface area is 191 Å². The number of hydrogen-bond acceptors (Lipinski definition) is 5. The molecule has 162 valence electrons. The van der Waals surface area contributed by atoms with Crippen molar-refractivity contribution in [3.63, 3.8) is 0 Å². The maximum atomic E-state index is 12.8. The second-order valence-corrected chi connectivity index (χ2v) is 10.8. The number of fused-ring (bicyclic) bond motifs is 1. The summed E-state index contributed by atoms with van der Waals surface area (Å²) in [5.74, 6) is 1.36. The van der Waals surface area contributed by atoms with Crippen LogP contribution in [0.2, 0.25) is 5.02 Å². The summed E-state index contributed by atoms with van der Waals surface area (Å²) in [4.78, 5) is 23.3. The molecule has 31 heavy (non-hydrogen) atoms. The van der Waals surface area contributed by atoms with Gasteiger partial charge in [-0.25, -0.2) is 4.98 Å². The molecule has 0 saturated heterocycles. The number of aryl methyl sites for hydroxylation is 1. The largest absolute Gasteiger partial charge is 0.324 e. The molecule has 2 fully saturated rings. The molecule has 2 aliphatic carbocycles. The molecule has 2 aromatic heterocycles. The highest BCUT2D eigenvalue weighted by molar-refractivity contribution is 8.00. The molecule has 0 bridgehead atoms.